The van der Waals surface area contributed by atoms with Gasteiger partial charge in [-0.25, -0.2) is 0 Å². The van der Waals surface area contributed by atoms with Gasteiger partial charge in [-0.05, 0) is 0 Å². The third-order valence-electron chi connectivity index (χ3n) is 0. The van der Waals surface area contributed by atoms with Crippen molar-refractivity contribution in [3.8, 4) is 0 Å². The van der Waals surface area contributed by atoms with Gasteiger partial charge in [0.15, 0.2) is 0 Å². The molecule has 0 amide bonds. The molecule has 0 fully saturated rings. The summed E-state index contributed by atoms with van der Waals surface area (Å²) < 4.78 is 34.1. The van der Waals surface area contributed by atoms with Crippen molar-refractivity contribution in [3.05, 3.63) is 0 Å². The maximum absolute atomic E-state index is 8.52. The third kappa shape index (κ3) is 64.9. The number of rotatable bonds is 0. The summed E-state index contributed by atoms with van der Waals surface area (Å²) in [6, 6.07) is 0. The maximum atomic E-state index is 8.52. The van der Waals surface area contributed by atoms with Crippen LogP contribution < -0.4 is 0 Å². The molecule has 0 saturated heterocycles. The second kappa shape index (κ2) is 6.33. The van der Waals surface area contributed by atoms with Gasteiger partial charge in [0.1, 0.15) is 0 Å². The van der Waals surface area contributed by atoms with Crippen molar-refractivity contribution in [2.75, 3.05) is 0 Å². The Morgan fingerprint density at radius 3 is 1.14 bits per heavy atom. The Labute approximate surface area is 97.9 Å². The van der Waals surface area contributed by atoms with E-state index in [2.05, 4.69) is 0 Å². The largest absolute Gasteiger partial charge is 2.00 e. The van der Waals surface area contributed by atoms with Crippen molar-refractivity contribution in [1.29, 1.82) is 0 Å². The summed E-state index contributed by atoms with van der Waals surface area (Å²) in [7, 11) is -5.17. The fourth-order valence-corrected chi connectivity index (χ4v) is 0. The van der Waals surface area contributed by atoms with Crippen LogP contribution in [0.5, 0.6) is 0 Å². The molecule has 0 unspecified atom stereocenters. The molecule has 0 spiro atoms. The second-order valence-electron chi connectivity index (χ2n) is 0.408. The first kappa shape index (κ1) is 16.1. The normalized spacial score (nSPS) is 8.29. The van der Waals surface area contributed by atoms with Crippen LogP contribution in [0.3, 0.4) is 0 Å². The molecule has 36 valence electrons. The molecule has 0 aliphatic rings. The number of hydrogen-bond acceptors (Lipinski definition) is 4. The predicted octanol–water partition coefficient (Wildman–Crippen LogP) is -2.63. The maximum Gasteiger partial charge on any atom is 2.00 e. The molecular formula is H2BaMgO4S. The van der Waals surface area contributed by atoms with Gasteiger partial charge in [0.05, 0.1) is 0 Å². The molecule has 0 radical (unpaired) electrons. The van der Waals surface area contributed by atoms with E-state index in [1.165, 1.54) is 0 Å². The summed E-state index contributed by atoms with van der Waals surface area (Å²) >= 11 is 0. The smallest absolute Gasteiger partial charge is 2.00 e. The van der Waals surface area contributed by atoms with E-state index >= 15 is 0 Å². The van der Waals surface area contributed by atoms with Crippen LogP contribution in [0.15, 0.2) is 0 Å². The Bertz CT molecular complexity index is 94.9. The molecule has 7 heavy (non-hydrogen) atoms. The monoisotopic (exact) mass is 260 g/mol. The van der Waals surface area contributed by atoms with Crippen LogP contribution >= 0.6 is 0 Å². The van der Waals surface area contributed by atoms with E-state index in [0.717, 1.165) is 0 Å². The van der Waals surface area contributed by atoms with Crippen molar-refractivity contribution < 1.29 is 17.5 Å². The molecule has 0 rings (SSSR count). The van der Waals surface area contributed by atoms with Crippen molar-refractivity contribution in [2.45, 2.75) is 0 Å². The summed E-state index contributed by atoms with van der Waals surface area (Å²) in [5, 5.41) is 0. The Morgan fingerprint density at radius 2 is 1.14 bits per heavy atom. The molecule has 4 nitrogen and oxygen atoms in total. The van der Waals surface area contributed by atoms with Gasteiger partial charge in [0.2, 0.25) is 0 Å². The molecule has 0 aromatic heterocycles. The van der Waals surface area contributed by atoms with Gasteiger partial charge in [-0.2, -0.15) is 0 Å². The zero-order valence-corrected chi connectivity index (χ0v) is 4.98. The van der Waals surface area contributed by atoms with Crippen LogP contribution in [-0.2, 0) is 10.4 Å². The molecule has 0 aromatic carbocycles. The van der Waals surface area contributed by atoms with Gasteiger partial charge in [-0.3, -0.25) is 8.42 Å². The Balaban J connectivity index is -0.0000000800. The Kier molecular flexibility index (Phi) is 14.6. The standard InChI is InChI=1S/Ba.Mg.H2O4S.2H/c;;1-5(2,3)4;;/h;;(H2,1,2,3,4);;/q;+2;;;/p-2. The molecule has 0 bridgehead atoms. The van der Waals surface area contributed by atoms with Crippen molar-refractivity contribution >= 4 is 82.3 Å². The topological polar surface area (TPSA) is 80.3 Å². The van der Waals surface area contributed by atoms with E-state index in [-0.39, 0.29) is 71.9 Å². The minimum atomic E-state index is -5.17. The molecule has 0 aliphatic heterocycles. The van der Waals surface area contributed by atoms with Crippen molar-refractivity contribution in [1.82, 2.24) is 0 Å². The van der Waals surface area contributed by atoms with E-state index < -0.39 is 10.4 Å². The first-order valence-electron chi connectivity index (χ1n) is 0.667. The summed E-state index contributed by atoms with van der Waals surface area (Å²) in [6.45, 7) is 0. The first-order chi connectivity index (χ1) is 2.00. The average Bonchev–Trinajstić information content (AvgIpc) is 0.722. The SMILES string of the molecule is O=S(=O)([O-])[O-].[BaH2].[Mg+2]. The molecule has 7 heteroatoms. The molecule has 0 aromatic rings. The van der Waals surface area contributed by atoms with Crippen LogP contribution in [-0.4, -0.2) is 89.5 Å². The van der Waals surface area contributed by atoms with Crippen LogP contribution in [0.2, 0.25) is 0 Å². The van der Waals surface area contributed by atoms with Crippen LogP contribution in [0, 0.1) is 0 Å². The van der Waals surface area contributed by atoms with Crippen LogP contribution in [0.1, 0.15) is 0 Å². The molecule has 0 aliphatic carbocycles. The zero-order chi connectivity index (χ0) is 4.50. The summed E-state index contributed by atoms with van der Waals surface area (Å²) in [5.74, 6) is 0. The molecule has 0 heterocycles. The average molecular weight is 260 g/mol. The second-order valence-corrected chi connectivity index (χ2v) is 1.22. The van der Waals surface area contributed by atoms with E-state index in [9.17, 15) is 0 Å². The van der Waals surface area contributed by atoms with E-state index in [0.29, 0.717) is 0 Å². The first-order valence-corrected chi connectivity index (χ1v) is 2.00. The van der Waals surface area contributed by atoms with E-state index in [4.69, 9.17) is 17.5 Å². The third-order valence-corrected chi connectivity index (χ3v) is 0. The Morgan fingerprint density at radius 1 is 1.14 bits per heavy atom. The summed E-state index contributed by atoms with van der Waals surface area (Å²) in [5.41, 5.74) is 0. The van der Waals surface area contributed by atoms with E-state index in [1.54, 1.807) is 0 Å². The quantitative estimate of drug-likeness (QED) is 0.271. The molecular weight excluding hydrogens is 258 g/mol. The molecule has 0 N–H and O–H groups in total. The van der Waals surface area contributed by atoms with Crippen molar-refractivity contribution in [3.63, 3.8) is 0 Å². The predicted molar refractivity (Wildman–Crippen MR) is 24.8 cm³/mol. The van der Waals surface area contributed by atoms with Crippen molar-refractivity contribution in [2.24, 2.45) is 0 Å². The number of hydrogen-bond donors (Lipinski definition) is 0. The van der Waals surface area contributed by atoms with Crippen LogP contribution in [0.4, 0.5) is 0 Å². The van der Waals surface area contributed by atoms with Gasteiger partial charge in [0, 0.05) is 10.4 Å². The fourth-order valence-electron chi connectivity index (χ4n) is 0. The van der Waals surface area contributed by atoms with Gasteiger partial charge in [-0.1, -0.05) is 0 Å². The van der Waals surface area contributed by atoms with Gasteiger partial charge >= 0.3 is 71.9 Å². The summed E-state index contributed by atoms with van der Waals surface area (Å²) in [4.78, 5) is 0. The van der Waals surface area contributed by atoms with E-state index in [1.807, 2.05) is 0 Å². The fraction of sp³-hybridized carbons (Fsp3) is 0. The molecule has 0 atom stereocenters. The molecule has 0 saturated carbocycles. The minimum Gasteiger partial charge on any atom is 2.00 e. The van der Waals surface area contributed by atoms with Gasteiger partial charge < -0.3 is 9.11 Å². The zero-order valence-electron chi connectivity index (χ0n) is 2.75. The van der Waals surface area contributed by atoms with Crippen LogP contribution in [0.25, 0.3) is 0 Å². The van der Waals surface area contributed by atoms with Gasteiger partial charge in [0.25, 0.3) is 0 Å². The van der Waals surface area contributed by atoms with Gasteiger partial charge in [-0.15, -0.1) is 0 Å². The minimum absolute atomic E-state index is 0. The Hall–Kier alpha value is 2.21. The summed E-state index contributed by atoms with van der Waals surface area (Å²) in [6.07, 6.45) is 0.